The molecule has 0 atom stereocenters. The van der Waals surface area contributed by atoms with E-state index in [1.165, 1.54) is 68.7 Å². The summed E-state index contributed by atoms with van der Waals surface area (Å²) in [6.45, 7) is 6.74. The van der Waals surface area contributed by atoms with Crippen molar-refractivity contribution < 1.29 is 14.3 Å². The molecule has 2 aromatic carbocycles. The van der Waals surface area contributed by atoms with Gasteiger partial charge in [0.2, 0.25) is 5.91 Å². The molecule has 1 aliphatic rings. The van der Waals surface area contributed by atoms with Gasteiger partial charge in [-0.05, 0) is 86.7 Å². The first-order valence-corrected chi connectivity index (χ1v) is 15.5. The molecule has 1 aliphatic heterocycles. The van der Waals surface area contributed by atoms with Gasteiger partial charge in [-0.25, -0.2) is 4.99 Å². The molecule has 208 valence electrons. The van der Waals surface area contributed by atoms with Gasteiger partial charge in [0.05, 0.1) is 12.3 Å². The molecular formula is C32H46N2O3S. The van der Waals surface area contributed by atoms with E-state index < -0.39 is 0 Å². The smallest absolute Gasteiger partial charge is 0.221 e. The highest BCUT2D eigenvalue weighted by Gasteiger charge is 2.37. The van der Waals surface area contributed by atoms with Gasteiger partial charge in [-0.3, -0.25) is 4.79 Å². The van der Waals surface area contributed by atoms with Crippen LogP contribution in [-0.4, -0.2) is 24.7 Å². The number of benzene rings is 2. The molecule has 1 heterocycles. The fourth-order valence-corrected chi connectivity index (χ4v) is 5.85. The minimum Gasteiger partial charge on any atom is -0.494 e. The highest BCUT2D eigenvalue weighted by Crippen LogP contribution is 2.45. The van der Waals surface area contributed by atoms with Crippen LogP contribution in [-0.2, 0) is 15.1 Å². The minimum absolute atomic E-state index is 0.0470. The average molecular weight is 539 g/mol. The number of aliphatic imine (C=N–C) groups is 1. The van der Waals surface area contributed by atoms with Crippen molar-refractivity contribution in [2.75, 3.05) is 17.7 Å². The van der Waals surface area contributed by atoms with E-state index in [0.717, 1.165) is 48.6 Å². The summed E-state index contributed by atoms with van der Waals surface area (Å²) in [4.78, 5) is 16.9. The highest BCUT2D eigenvalue weighted by atomic mass is 32.2. The fourth-order valence-electron chi connectivity index (χ4n) is 4.94. The van der Waals surface area contributed by atoms with Gasteiger partial charge in [-0.1, -0.05) is 52.4 Å². The van der Waals surface area contributed by atoms with Gasteiger partial charge in [0.25, 0.3) is 0 Å². The molecule has 0 aromatic heterocycles. The number of nitrogens with one attached hydrogen (secondary N) is 1. The van der Waals surface area contributed by atoms with Crippen molar-refractivity contribution in [3.05, 3.63) is 48.0 Å². The van der Waals surface area contributed by atoms with E-state index in [2.05, 4.69) is 48.4 Å². The summed E-state index contributed by atoms with van der Waals surface area (Å²) >= 11 is 1.83. The number of unbranched alkanes of at least 4 members (excludes halogenated alkanes) is 7. The first kappa shape index (κ1) is 30.1. The zero-order chi connectivity index (χ0) is 27.1. The third-order valence-electron chi connectivity index (χ3n) is 7.05. The van der Waals surface area contributed by atoms with Crippen LogP contribution < -0.4 is 10.1 Å². The molecule has 0 fully saturated rings. The predicted octanol–water partition coefficient (Wildman–Crippen LogP) is 9.42. The Kier molecular flexibility index (Phi) is 13.0. The molecule has 0 aliphatic carbocycles. The molecule has 0 saturated heterocycles. The highest BCUT2D eigenvalue weighted by molar-refractivity contribution is 7.99. The Hall–Kier alpha value is -2.47. The van der Waals surface area contributed by atoms with Crippen molar-refractivity contribution in [2.45, 2.75) is 108 Å². The Bertz CT molecular complexity index is 994. The Morgan fingerprint density at radius 2 is 1.63 bits per heavy atom. The van der Waals surface area contributed by atoms with Gasteiger partial charge in [-0.15, -0.1) is 11.8 Å². The lowest BCUT2D eigenvalue weighted by atomic mass is 9.81. The minimum atomic E-state index is -0.288. The maximum atomic E-state index is 11.2. The lowest BCUT2D eigenvalue weighted by molar-refractivity contribution is -0.114. The van der Waals surface area contributed by atoms with Crippen molar-refractivity contribution in [3.63, 3.8) is 0 Å². The van der Waals surface area contributed by atoms with E-state index in [0.29, 0.717) is 6.61 Å². The van der Waals surface area contributed by atoms with E-state index in [9.17, 15) is 4.79 Å². The predicted molar refractivity (Wildman–Crippen MR) is 161 cm³/mol. The molecule has 38 heavy (non-hydrogen) atoms. The second-order valence-electron chi connectivity index (χ2n) is 10.3. The second kappa shape index (κ2) is 16.5. The number of carbonyl (C=O) groups excluding carboxylic acids is 1. The molecule has 6 heteroatoms. The first-order chi connectivity index (χ1) is 18.6. The lowest BCUT2D eigenvalue weighted by Crippen LogP contribution is -2.31. The average Bonchev–Trinajstić information content (AvgIpc) is 2.92. The lowest BCUT2D eigenvalue weighted by Gasteiger charge is -2.37. The van der Waals surface area contributed by atoms with E-state index in [1.807, 2.05) is 30.0 Å². The van der Waals surface area contributed by atoms with Crippen LogP contribution in [0.2, 0.25) is 0 Å². The Morgan fingerprint density at radius 1 is 0.921 bits per heavy atom. The maximum Gasteiger partial charge on any atom is 0.221 e. The van der Waals surface area contributed by atoms with Gasteiger partial charge >= 0.3 is 0 Å². The summed E-state index contributed by atoms with van der Waals surface area (Å²) in [6, 6.07) is 14.3. The van der Waals surface area contributed by atoms with E-state index >= 15 is 0 Å². The quantitative estimate of drug-likeness (QED) is 0.152. The van der Waals surface area contributed by atoms with Crippen LogP contribution >= 0.6 is 11.8 Å². The zero-order valence-corrected chi connectivity index (χ0v) is 24.4. The number of hydrogen-bond donors (Lipinski definition) is 1. The third kappa shape index (κ3) is 9.68. The zero-order valence-electron chi connectivity index (χ0n) is 23.6. The number of ether oxygens (including phenoxy) is 2. The number of nitrogens with zero attached hydrogens (tertiary/aromatic N) is 1. The molecule has 0 saturated carbocycles. The number of fused-ring (bicyclic) bond motifs is 1. The molecule has 3 rings (SSSR count). The summed E-state index contributed by atoms with van der Waals surface area (Å²) in [6.07, 6.45) is 15.7. The molecule has 0 unspecified atom stereocenters. The summed E-state index contributed by atoms with van der Waals surface area (Å²) in [5.74, 6) is 1.90. The van der Waals surface area contributed by atoms with Crippen molar-refractivity contribution in [1.82, 2.24) is 0 Å². The molecular weight excluding hydrogens is 492 g/mol. The largest absolute Gasteiger partial charge is 0.494 e. The molecule has 0 bridgehead atoms. The van der Waals surface area contributed by atoms with E-state index in [4.69, 9.17) is 9.47 Å². The molecule has 1 amide bonds. The van der Waals surface area contributed by atoms with Crippen molar-refractivity contribution in [3.8, 4) is 5.75 Å². The topological polar surface area (TPSA) is 59.9 Å². The second-order valence-corrected chi connectivity index (χ2v) is 11.4. The van der Waals surface area contributed by atoms with Crippen LogP contribution in [0, 0.1) is 0 Å². The molecule has 0 radical (unpaired) electrons. The number of carbonyl (C=O) groups is 1. The summed E-state index contributed by atoms with van der Waals surface area (Å²) in [5, 5.41) is 2.81. The van der Waals surface area contributed by atoms with Crippen LogP contribution in [0.1, 0.15) is 103 Å². The molecule has 1 N–H and O–H groups in total. The molecule has 2 aromatic rings. The fraction of sp³-hybridized carbons (Fsp3) is 0.562. The van der Waals surface area contributed by atoms with Crippen LogP contribution in [0.25, 0.3) is 0 Å². The number of thioether (sulfide) groups is 1. The van der Waals surface area contributed by atoms with Gasteiger partial charge in [0.15, 0.2) is 6.40 Å². The Morgan fingerprint density at radius 3 is 2.29 bits per heavy atom. The summed E-state index contributed by atoms with van der Waals surface area (Å²) in [7, 11) is 0. The molecule has 0 spiro atoms. The standard InChI is InChI=1S/C32H46N2O3S/c1-4-6-8-10-20-32(21-11-9-7-5-2)30-24-28(16-19-31(30)33-25-37-32)36-22-12-13-23-38-29-17-14-27(15-18-29)34-26(3)35/h14-19,24-25H,4-13,20-23H2,1-3H3,(H,34,35). The Labute approximate surface area is 234 Å². The normalized spacial score (nSPS) is 13.6. The number of anilines is 1. The SMILES string of the molecule is CCCCCCC1(CCCCCC)OC=Nc2ccc(OCCCCSc3ccc(NC(C)=O)cc3)cc21. The van der Waals surface area contributed by atoms with E-state index in [-0.39, 0.29) is 11.5 Å². The van der Waals surface area contributed by atoms with Crippen LogP contribution in [0.15, 0.2) is 52.4 Å². The van der Waals surface area contributed by atoms with E-state index in [1.54, 1.807) is 6.40 Å². The van der Waals surface area contributed by atoms with Gasteiger partial charge in [-0.2, -0.15) is 0 Å². The van der Waals surface area contributed by atoms with Gasteiger partial charge in [0, 0.05) is 23.1 Å². The third-order valence-corrected chi connectivity index (χ3v) is 8.15. The first-order valence-electron chi connectivity index (χ1n) is 14.5. The van der Waals surface area contributed by atoms with Crippen LogP contribution in [0.3, 0.4) is 0 Å². The van der Waals surface area contributed by atoms with Crippen LogP contribution in [0.5, 0.6) is 5.75 Å². The molecule has 5 nitrogen and oxygen atoms in total. The number of hydrogen-bond acceptors (Lipinski definition) is 5. The number of rotatable bonds is 18. The van der Waals surface area contributed by atoms with Gasteiger partial charge < -0.3 is 14.8 Å². The Balaban J connectivity index is 1.52. The van der Waals surface area contributed by atoms with Crippen molar-refractivity contribution in [2.24, 2.45) is 4.99 Å². The van der Waals surface area contributed by atoms with Crippen molar-refractivity contribution >= 4 is 35.4 Å². The maximum absolute atomic E-state index is 11.2. The number of amides is 1. The van der Waals surface area contributed by atoms with Gasteiger partial charge in [0.1, 0.15) is 11.4 Å². The summed E-state index contributed by atoms with van der Waals surface area (Å²) in [5.41, 5.74) is 2.77. The summed E-state index contributed by atoms with van der Waals surface area (Å²) < 4.78 is 12.6. The van der Waals surface area contributed by atoms with Crippen molar-refractivity contribution in [1.29, 1.82) is 0 Å². The monoisotopic (exact) mass is 538 g/mol. The van der Waals surface area contributed by atoms with Crippen LogP contribution in [0.4, 0.5) is 11.4 Å².